The lowest BCUT2D eigenvalue weighted by atomic mass is 10.1. The van der Waals surface area contributed by atoms with Crippen LogP contribution >= 0.6 is 11.8 Å². The third kappa shape index (κ3) is 2.37. The van der Waals surface area contributed by atoms with Gasteiger partial charge in [0.15, 0.2) is 0 Å². The van der Waals surface area contributed by atoms with Crippen molar-refractivity contribution in [1.29, 1.82) is 0 Å². The van der Waals surface area contributed by atoms with Gasteiger partial charge in [0.05, 0.1) is 7.11 Å². The fourth-order valence-electron chi connectivity index (χ4n) is 2.33. The summed E-state index contributed by atoms with van der Waals surface area (Å²) in [6.45, 7) is 0.984. The molecule has 4 heteroatoms. The van der Waals surface area contributed by atoms with Crippen LogP contribution in [0.15, 0.2) is 30.5 Å². The first kappa shape index (κ1) is 12.6. The van der Waals surface area contributed by atoms with Crippen LogP contribution in [0.25, 0.3) is 10.8 Å². The largest absolute Gasteiger partial charge is 0.496 e. The van der Waals surface area contributed by atoms with E-state index < -0.39 is 0 Å². The number of fused-ring (bicyclic) bond motifs is 1. The van der Waals surface area contributed by atoms with Crippen LogP contribution < -0.4 is 10.1 Å². The van der Waals surface area contributed by atoms with Crippen molar-refractivity contribution in [3.63, 3.8) is 0 Å². The van der Waals surface area contributed by atoms with E-state index in [9.17, 15) is 0 Å². The number of methoxy groups -OCH3 is 1. The molecule has 1 aliphatic rings. The first-order valence-electron chi connectivity index (χ1n) is 6.49. The highest BCUT2D eigenvalue weighted by Gasteiger charge is 2.41. The van der Waals surface area contributed by atoms with Crippen LogP contribution in [0.5, 0.6) is 5.75 Å². The third-order valence-electron chi connectivity index (χ3n) is 3.80. The molecule has 0 amide bonds. The predicted molar refractivity (Wildman–Crippen MR) is 82.3 cm³/mol. The third-order valence-corrected chi connectivity index (χ3v) is 5.22. The van der Waals surface area contributed by atoms with E-state index in [4.69, 9.17) is 4.74 Å². The van der Waals surface area contributed by atoms with Gasteiger partial charge in [-0.2, -0.15) is 11.8 Å². The number of hydrogen-bond donors (Lipinski definition) is 1. The van der Waals surface area contributed by atoms with Crippen LogP contribution in [0.4, 0.5) is 5.82 Å². The van der Waals surface area contributed by atoms with Gasteiger partial charge in [-0.3, -0.25) is 0 Å². The molecule has 3 nitrogen and oxygen atoms in total. The van der Waals surface area contributed by atoms with Crippen molar-refractivity contribution < 1.29 is 4.74 Å². The molecule has 1 aliphatic carbocycles. The number of anilines is 1. The SMILES string of the molecule is COc1cccc2c(NCC3(SC)CC3)nccc12. The molecule has 0 saturated heterocycles. The van der Waals surface area contributed by atoms with Crippen LogP contribution in [0, 0.1) is 0 Å². The van der Waals surface area contributed by atoms with Crippen molar-refractivity contribution in [2.24, 2.45) is 0 Å². The Morgan fingerprint density at radius 1 is 1.32 bits per heavy atom. The second kappa shape index (κ2) is 4.93. The highest BCUT2D eigenvalue weighted by atomic mass is 32.2. The molecule has 0 unspecified atom stereocenters. The Hall–Kier alpha value is -1.42. The standard InChI is InChI=1S/C15H18N2OS/c1-18-13-5-3-4-12-11(13)6-9-16-14(12)17-10-15(19-2)7-8-15/h3-6,9H,7-8,10H2,1-2H3,(H,16,17). The van der Waals surface area contributed by atoms with Gasteiger partial charge in [-0.15, -0.1) is 0 Å². The molecule has 2 aromatic rings. The predicted octanol–water partition coefficient (Wildman–Crippen LogP) is 3.55. The van der Waals surface area contributed by atoms with Crippen molar-refractivity contribution in [3.05, 3.63) is 30.5 Å². The molecule has 0 radical (unpaired) electrons. The maximum Gasteiger partial charge on any atom is 0.133 e. The molecule has 1 saturated carbocycles. The Labute approximate surface area is 117 Å². The molecule has 0 aliphatic heterocycles. The summed E-state index contributed by atoms with van der Waals surface area (Å²) in [4.78, 5) is 4.47. The first-order valence-corrected chi connectivity index (χ1v) is 7.71. The molecule has 19 heavy (non-hydrogen) atoms. The minimum Gasteiger partial charge on any atom is -0.496 e. The molecular weight excluding hydrogens is 256 g/mol. The summed E-state index contributed by atoms with van der Waals surface area (Å²) in [5.74, 6) is 1.85. The number of ether oxygens (including phenoxy) is 1. The molecule has 1 aromatic heterocycles. The molecular formula is C15H18N2OS. The van der Waals surface area contributed by atoms with Gasteiger partial charge in [0.2, 0.25) is 0 Å². The molecule has 0 bridgehead atoms. The molecule has 0 spiro atoms. The molecule has 100 valence electrons. The van der Waals surface area contributed by atoms with Crippen molar-refractivity contribution in [2.45, 2.75) is 17.6 Å². The summed E-state index contributed by atoms with van der Waals surface area (Å²) in [6, 6.07) is 8.08. The summed E-state index contributed by atoms with van der Waals surface area (Å²) >= 11 is 1.96. The number of pyridine rings is 1. The van der Waals surface area contributed by atoms with Crippen LogP contribution in [0.3, 0.4) is 0 Å². The molecule has 1 N–H and O–H groups in total. The average molecular weight is 274 g/mol. The minimum absolute atomic E-state index is 0.433. The lowest BCUT2D eigenvalue weighted by Crippen LogP contribution is -2.18. The zero-order valence-corrected chi connectivity index (χ0v) is 12.1. The number of hydrogen-bond acceptors (Lipinski definition) is 4. The van der Waals surface area contributed by atoms with E-state index in [1.165, 1.54) is 12.8 Å². The van der Waals surface area contributed by atoms with E-state index in [1.807, 2.05) is 36.2 Å². The Morgan fingerprint density at radius 2 is 2.16 bits per heavy atom. The summed E-state index contributed by atoms with van der Waals surface area (Å²) < 4.78 is 5.83. The van der Waals surface area contributed by atoms with E-state index in [1.54, 1.807) is 7.11 Å². The zero-order chi connectivity index (χ0) is 13.3. The molecule has 0 atom stereocenters. The van der Waals surface area contributed by atoms with Gasteiger partial charge in [0.25, 0.3) is 0 Å². The van der Waals surface area contributed by atoms with Gasteiger partial charge < -0.3 is 10.1 Å². The van der Waals surface area contributed by atoms with E-state index in [0.29, 0.717) is 4.75 Å². The fourth-order valence-corrected chi connectivity index (χ4v) is 3.06. The van der Waals surface area contributed by atoms with E-state index in [2.05, 4.69) is 22.6 Å². The van der Waals surface area contributed by atoms with E-state index >= 15 is 0 Å². The van der Waals surface area contributed by atoms with Crippen LogP contribution in [0.1, 0.15) is 12.8 Å². The van der Waals surface area contributed by atoms with Gasteiger partial charge in [-0.25, -0.2) is 4.98 Å². The summed E-state index contributed by atoms with van der Waals surface area (Å²) in [7, 11) is 1.70. The zero-order valence-electron chi connectivity index (χ0n) is 11.3. The lowest BCUT2D eigenvalue weighted by Gasteiger charge is -2.15. The van der Waals surface area contributed by atoms with Crippen molar-refractivity contribution in [3.8, 4) is 5.75 Å². The number of nitrogens with one attached hydrogen (secondary N) is 1. The first-order chi connectivity index (χ1) is 9.28. The Bertz CT molecular complexity index is 596. The van der Waals surface area contributed by atoms with Crippen molar-refractivity contribution in [2.75, 3.05) is 25.2 Å². The van der Waals surface area contributed by atoms with Crippen LogP contribution in [-0.4, -0.2) is 29.6 Å². The summed E-state index contributed by atoms with van der Waals surface area (Å²) in [6.07, 6.45) is 6.63. The van der Waals surface area contributed by atoms with Crippen LogP contribution in [-0.2, 0) is 0 Å². The maximum absolute atomic E-state index is 5.40. The average Bonchev–Trinajstić information content (AvgIpc) is 3.25. The second-order valence-electron chi connectivity index (χ2n) is 4.96. The molecule has 1 aromatic carbocycles. The minimum atomic E-state index is 0.433. The topological polar surface area (TPSA) is 34.1 Å². The monoisotopic (exact) mass is 274 g/mol. The summed E-state index contributed by atoms with van der Waals surface area (Å²) in [5.41, 5.74) is 0. The smallest absolute Gasteiger partial charge is 0.133 e. The quantitative estimate of drug-likeness (QED) is 0.904. The van der Waals surface area contributed by atoms with Gasteiger partial charge in [-0.1, -0.05) is 12.1 Å². The molecule has 1 fully saturated rings. The van der Waals surface area contributed by atoms with E-state index in [-0.39, 0.29) is 0 Å². The fraction of sp³-hybridized carbons (Fsp3) is 0.400. The lowest BCUT2D eigenvalue weighted by molar-refractivity contribution is 0.420. The van der Waals surface area contributed by atoms with Crippen molar-refractivity contribution >= 4 is 28.4 Å². The summed E-state index contributed by atoms with van der Waals surface area (Å²) in [5, 5.41) is 5.74. The van der Waals surface area contributed by atoms with Gasteiger partial charge in [0, 0.05) is 28.3 Å². The number of benzene rings is 1. The van der Waals surface area contributed by atoms with Crippen LogP contribution in [0.2, 0.25) is 0 Å². The number of rotatable bonds is 5. The molecule has 3 rings (SSSR count). The Balaban J connectivity index is 1.91. The Morgan fingerprint density at radius 3 is 2.84 bits per heavy atom. The number of aromatic nitrogens is 1. The number of nitrogens with zero attached hydrogens (tertiary/aromatic N) is 1. The Kier molecular flexibility index (Phi) is 3.27. The normalized spacial score (nSPS) is 16.3. The van der Waals surface area contributed by atoms with Crippen molar-refractivity contribution in [1.82, 2.24) is 4.98 Å². The maximum atomic E-state index is 5.40. The second-order valence-corrected chi connectivity index (χ2v) is 6.23. The van der Waals surface area contributed by atoms with Gasteiger partial charge >= 0.3 is 0 Å². The highest BCUT2D eigenvalue weighted by molar-refractivity contribution is 8.00. The number of thioether (sulfide) groups is 1. The van der Waals surface area contributed by atoms with Gasteiger partial charge in [-0.05, 0) is 31.2 Å². The van der Waals surface area contributed by atoms with E-state index in [0.717, 1.165) is 28.9 Å². The van der Waals surface area contributed by atoms with Gasteiger partial charge in [0.1, 0.15) is 11.6 Å². The molecule has 1 heterocycles. The highest BCUT2D eigenvalue weighted by Crippen LogP contribution is 2.47.